The number of carbonyl (C=O) groups is 1. The fraction of sp³-hybridized carbons (Fsp3) is 0. The van der Waals surface area contributed by atoms with E-state index in [0.29, 0.717) is 21.8 Å². The van der Waals surface area contributed by atoms with Crippen molar-refractivity contribution in [2.24, 2.45) is 0 Å². The van der Waals surface area contributed by atoms with Gasteiger partial charge < -0.3 is 5.73 Å². The highest BCUT2D eigenvalue weighted by Gasteiger charge is 2.10. The molecule has 0 saturated carbocycles. The number of hydrogen-bond acceptors (Lipinski definition) is 3. The van der Waals surface area contributed by atoms with Crippen LogP contribution in [0.4, 0.5) is 5.69 Å². The number of ketones is 1. The Labute approximate surface area is 96.3 Å². The number of benzene rings is 1. The monoisotopic (exact) mass is 237 g/mol. The molecule has 2 aromatic rings. The van der Waals surface area contributed by atoms with Crippen LogP contribution in [0.2, 0.25) is 5.02 Å². The molecule has 15 heavy (non-hydrogen) atoms. The van der Waals surface area contributed by atoms with E-state index in [9.17, 15) is 4.79 Å². The standard InChI is InChI=1S/C11H8ClNOS/c12-9-5-7(1-2-10(9)13)11(14)8-3-4-15-6-8/h1-6H,13H2. The molecule has 0 atom stereocenters. The van der Waals surface area contributed by atoms with Gasteiger partial charge in [-0.3, -0.25) is 4.79 Å². The van der Waals surface area contributed by atoms with Gasteiger partial charge in [-0.05, 0) is 29.6 Å². The minimum Gasteiger partial charge on any atom is -0.398 e. The Morgan fingerprint density at radius 1 is 1.27 bits per heavy atom. The molecule has 0 saturated heterocycles. The third-order valence-electron chi connectivity index (χ3n) is 2.05. The molecule has 0 aliphatic heterocycles. The van der Waals surface area contributed by atoms with Gasteiger partial charge in [0.2, 0.25) is 0 Å². The lowest BCUT2D eigenvalue weighted by Crippen LogP contribution is -2.00. The summed E-state index contributed by atoms with van der Waals surface area (Å²) in [6, 6.07) is 6.71. The van der Waals surface area contributed by atoms with Crippen LogP contribution in [-0.2, 0) is 0 Å². The fourth-order valence-corrected chi connectivity index (χ4v) is 2.05. The van der Waals surface area contributed by atoms with Crippen molar-refractivity contribution in [3.8, 4) is 0 Å². The Bertz CT molecular complexity index is 493. The molecule has 76 valence electrons. The Balaban J connectivity index is 2.39. The summed E-state index contributed by atoms with van der Waals surface area (Å²) in [5.41, 5.74) is 7.30. The van der Waals surface area contributed by atoms with Crippen molar-refractivity contribution in [3.63, 3.8) is 0 Å². The van der Waals surface area contributed by atoms with Crippen LogP contribution in [0.1, 0.15) is 15.9 Å². The highest BCUT2D eigenvalue weighted by molar-refractivity contribution is 7.08. The summed E-state index contributed by atoms with van der Waals surface area (Å²) in [5, 5.41) is 4.09. The summed E-state index contributed by atoms with van der Waals surface area (Å²) in [6.07, 6.45) is 0. The third kappa shape index (κ3) is 2.03. The van der Waals surface area contributed by atoms with Gasteiger partial charge in [0.15, 0.2) is 5.78 Å². The van der Waals surface area contributed by atoms with Gasteiger partial charge in [-0.1, -0.05) is 11.6 Å². The van der Waals surface area contributed by atoms with Crippen LogP contribution in [0, 0.1) is 0 Å². The quantitative estimate of drug-likeness (QED) is 0.644. The van der Waals surface area contributed by atoms with Crippen LogP contribution in [-0.4, -0.2) is 5.78 Å². The van der Waals surface area contributed by atoms with Gasteiger partial charge >= 0.3 is 0 Å². The zero-order valence-corrected chi connectivity index (χ0v) is 9.31. The first-order valence-corrected chi connectivity index (χ1v) is 5.62. The van der Waals surface area contributed by atoms with E-state index in [1.807, 2.05) is 10.8 Å². The lowest BCUT2D eigenvalue weighted by Gasteiger charge is -2.01. The van der Waals surface area contributed by atoms with Crippen LogP contribution in [0.5, 0.6) is 0 Å². The third-order valence-corrected chi connectivity index (χ3v) is 3.06. The molecule has 0 fully saturated rings. The predicted molar refractivity (Wildman–Crippen MR) is 63.6 cm³/mol. The van der Waals surface area contributed by atoms with Crippen LogP contribution in [0.3, 0.4) is 0 Å². The number of carbonyl (C=O) groups excluding carboxylic acids is 1. The minimum atomic E-state index is -0.0295. The van der Waals surface area contributed by atoms with Crippen LogP contribution < -0.4 is 5.73 Å². The van der Waals surface area contributed by atoms with E-state index in [0.717, 1.165) is 0 Å². The van der Waals surface area contributed by atoms with Crippen molar-refractivity contribution >= 4 is 34.4 Å². The summed E-state index contributed by atoms with van der Waals surface area (Å²) >= 11 is 7.34. The van der Waals surface area contributed by atoms with Gasteiger partial charge in [0, 0.05) is 16.5 Å². The minimum absolute atomic E-state index is 0.0295. The SMILES string of the molecule is Nc1ccc(C(=O)c2ccsc2)cc1Cl. The van der Waals surface area contributed by atoms with Crippen molar-refractivity contribution in [2.45, 2.75) is 0 Å². The maximum Gasteiger partial charge on any atom is 0.193 e. The van der Waals surface area contributed by atoms with Gasteiger partial charge in [0.1, 0.15) is 0 Å². The molecule has 0 spiro atoms. The van der Waals surface area contributed by atoms with Gasteiger partial charge in [0.05, 0.1) is 10.7 Å². The van der Waals surface area contributed by atoms with Crippen LogP contribution in [0.15, 0.2) is 35.0 Å². The molecule has 0 amide bonds. The molecule has 2 N–H and O–H groups in total. The normalized spacial score (nSPS) is 10.2. The summed E-state index contributed by atoms with van der Waals surface area (Å²) in [5.74, 6) is -0.0295. The largest absolute Gasteiger partial charge is 0.398 e. The topological polar surface area (TPSA) is 43.1 Å². The Hall–Kier alpha value is -1.32. The van der Waals surface area contributed by atoms with E-state index < -0.39 is 0 Å². The summed E-state index contributed by atoms with van der Waals surface area (Å²) in [4.78, 5) is 11.9. The first-order chi connectivity index (χ1) is 7.18. The molecule has 0 radical (unpaired) electrons. The molecule has 0 unspecified atom stereocenters. The van der Waals surface area contributed by atoms with E-state index in [4.69, 9.17) is 17.3 Å². The smallest absolute Gasteiger partial charge is 0.193 e. The Morgan fingerprint density at radius 2 is 2.07 bits per heavy atom. The number of anilines is 1. The molecular formula is C11H8ClNOS. The summed E-state index contributed by atoms with van der Waals surface area (Å²) in [6.45, 7) is 0. The van der Waals surface area contributed by atoms with Gasteiger partial charge in [-0.25, -0.2) is 0 Å². The van der Waals surface area contributed by atoms with Crippen LogP contribution in [0.25, 0.3) is 0 Å². The highest BCUT2D eigenvalue weighted by atomic mass is 35.5. The maximum absolute atomic E-state index is 11.9. The lowest BCUT2D eigenvalue weighted by molar-refractivity contribution is 0.103. The number of halogens is 1. The Kier molecular flexibility index (Phi) is 2.75. The van der Waals surface area contributed by atoms with E-state index in [1.54, 1.807) is 24.3 Å². The first kappa shape index (κ1) is 10.2. The molecule has 1 aromatic heterocycles. The number of rotatable bonds is 2. The first-order valence-electron chi connectivity index (χ1n) is 4.30. The van der Waals surface area contributed by atoms with Gasteiger partial charge in [-0.15, -0.1) is 0 Å². The molecular weight excluding hydrogens is 230 g/mol. The van der Waals surface area contributed by atoms with E-state index in [2.05, 4.69) is 0 Å². The lowest BCUT2D eigenvalue weighted by atomic mass is 10.1. The number of nitrogens with two attached hydrogens (primary N) is 1. The molecule has 1 heterocycles. The number of nitrogen functional groups attached to an aromatic ring is 1. The van der Waals surface area contributed by atoms with Gasteiger partial charge in [0.25, 0.3) is 0 Å². The van der Waals surface area contributed by atoms with E-state index in [1.165, 1.54) is 11.3 Å². The molecule has 2 nitrogen and oxygen atoms in total. The molecule has 1 aromatic carbocycles. The Morgan fingerprint density at radius 3 is 2.67 bits per heavy atom. The van der Waals surface area contributed by atoms with Crippen molar-refractivity contribution in [3.05, 3.63) is 51.2 Å². The number of hydrogen-bond donors (Lipinski definition) is 1. The van der Waals surface area contributed by atoms with Crippen molar-refractivity contribution in [1.82, 2.24) is 0 Å². The highest BCUT2D eigenvalue weighted by Crippen LogP contribution is 2.22. The van der Waals surface area contributed by atoms with Crippen molar-refractivity contribution in [2.75, 3.05) is 5.73 Å². The predicted octanol–water partition coefficient (Wildman–Crippen LogP) is 3.21. The zero-order valence-electron chi connectivity index (χ0n) is 7.74. The zero-order chi connectivity index (χ0) is 10.8. The molecule has 4 heteroatoms. The molecule has 2 rings (SSSR count). The van der Waals surface area contributed by atoms with Crippen molar-refractivity contribution < 1.29 is 4.79 Å². The van der Waals surface area contributed by atoms with E-state index >= 15 is 0 Å². The van der Waals surface area contributed by atoms with Crippen LogP contribution >= 0.6 is 22.9 Å². The average molecular weight is 238 g/mol. The second-order valence-electron chi connectivity index (χ2n) is 3.08. The second kappa shape index (κ2) is 4.04. The average Bonchev–Trinajstić information content (AvgIpc) is 2.74. The maximum atomic E-state index is 11.9. The fourth-order valence-electron chi connectivity index (χ4n) is 1.23. The molecule has 0 bridgehead atoms. The van der Waals surface area contributed by atoms with Crippen molar-refractivity contribution in [1.29, 1.82) is 0 Å². The van der Waals surface area contributed by atoms with E-state index in [-0.39, 0.29) is 5.78 Å². The number of thiophene rings is 1. The molecule has 0 aliphatic rings. The molecule has 0 aliphatic carbocycles. The second-order valence-corrected chi connectivity index (χ2v) is 4.26. The van der Waals surface area contributed by atoms with Gasteiger partial charge in [-0.2, -0.15) is 11.3 Å². The summed E-state index contributed by atoms with van der Waals surface area (Å²) < 4.78 is 0. The summed E-state index contributed by atoms with van der Waals surface area (Å²) in [7, 11) is 0.